The van der Waals surface area contributed by atoms with Gasteiger partial charge in [0.25, 0.3) is 0 Å². The molecule has 2 atom stereocenters. The van der Waals surface area contributed by atoms with E-state index in [1.165, 1.54) is 11.1 Å². The summed E-state index contributed by atoms with van der Waals surface area (Å²) < 4.78 is 28.2. The minimum Gasteiger partial charge on any atom is -0.291 e. The van der Waals surface area contributed by atoms with Crippen molar-refractivity contribution in [2.24, 2.45) is 0 Å². The number of nitrogens with zero attached hydrogens (tertiary/aromatic N) is 1. The lowest BCUT2D eigenvalue weighted by Gasteiger charge is -2.37. The van der Waals surface area contributed by atoms with E-state index in [1.807, 2.05) is 72.8 Å². The Kier molecular flexibility index (Phi) is 8.51. The summed E-state index contributed by atoms with van der Waals surface area (Å²) >= 11 is 0. The Hall–Kier alpha value is -3.21. The number of hydrogen-bond donors (Lipinski definition) is 0. The van der Waals surface area contributed by atoms with Crippen molar-refractivity contribution in [3.05, 3.63) is 138 Å². The van der Waals surface area contributed by atoms with Gasteiger partial charge in [0.1, 0.15) is 0 Å². The van der Waals surface area contributed by atoms with Crippen LogP contribution in [-0.2, 0) is 29.3 Å². The highest BCUT2D eigenvalue weighted by Crippen LogP contribution is 2.28. The first-order valence-electron chi connectivity index (χ1n) is 12.2. The third-order valence-electron chi connectivity index (χ3n) is 6.52. The molecule has 0 amide bonds. The standard InChI is InChI=1S/C31H33NO2S/c1-2-30(32(24-27-17-9-4-10-18-27)25-28-19-11-5-12-20-28)31(23-26-15-7-3-8-16-26)35(33,34)29-21-13-6-14-22-29/h3-22,30-31H,2,23-25H2,1H3/t30-,31-/m1/s1. The molecule has 0 saturated heterocycles. The second-order valence-electron chi connectivity index (χ2n) is 8.94. The Morgan fingerprint density at radius 2 is 1.00 bits per heavy atom. The average Bonchev–Trinajstić information content (AvgIpc) is 2.91. The topological polar surface area (TPSA) is 37.4 Å². The molecule has 4 aromatic carbocycles. The third kappa shape index (κ3) is 6.47. The van der Waals surface area contributed by atoms with Crippen molar-refractivity contribution >= 4 is 9.84 Å². The number of sulfone groups is 1. The maximum atomic E-state index is 14.1. The molecule has 4 rings (SSSR count). The van der Waals surface area contributed by atoms with Gasteiger partial charge in [-0.3, -0.25) is 4.90 Å². The van der Waals surface area contributed by atoms with Crippen LogP contribution in [0.2, 0.25) is 0 Å². The molecule has 0 aliphatic carbocycles. The minimum absolute atomic E-state index is 0.166. The zero-order chi connectivity index (χ0) is 24.5. The van der Waals surface area contributed by atoms with Crippen LogP contribution in [0, 0.1) is 0 Å². The van der Waals surface area contributed by atoms with Crippen molar-refractivity contribution in [3.63, 3.8) is 0 Å². The van der Waals surface area contributed by atoms with Crippen LogP contribution in [0.1, 0.15) is 30.0 Å². The molecule has 4 heteroatoms. The average molecular weight is 484 g/mol. The second kappa shape index (κ2) is 12.0. The highest BCUT2D eigenvalue weighted by Gasteiger charge is 2.37. The van der Waals surface area contributed by atoms with Crippen LogP contribution in [-0.4, -0.2) is 24.6 Å². The second-order valence-corrected chi connectivity index (χ2v) is 11.1. The predicted octanol–water partition coefficient (Wildman–Crippen LogP) is 6.55. The van der Waals surface area contributed by atoms with Crippen molar-refractivity contribution in [1.29, 1.82) is 0 Å². The Morgan fingerprint density at radius 3 is 1.43 bits per heavy atom. The number of rotatable bonds is 11. The molecule has 0 saturated carbocycles. The van der Waals surface area contributed by atoms with E-state index in [2.05, 4.69) is 36.1 Å². The van der Waals surface area contributed by atoms with Crippen molar-refractivity contribution in [2.75, 3.05) is 0 Å². The maximum Gasteiger partial charge on any atom is 0.183 e. The van der Waals surface area contributed by atoms with Crippen LogP contribution in [0.25, 0.3) is 0 Å². The molecule has 0 aliphatic heterocycles. The lowest BCUT2D eigenvalue weighted by atomic mass is 10.00. The highest BCUT2D eigenvalue weighted by molar-refractivity contribution is 7.92. The Bertz CT molecular complexity index is 1220. The van der Waals surface area contributed by atoms with E-state index in [-0.39, 0.29) is 6.04 Å². The van der Waals surface area contributed by atoms with Crippen LogP contribution in [0.5, 0.6) is 0 Å². The summed E-state index contributed by atoms with van der Waals surface area (Å²) in [7, 11) is -3.58. The lowest BCUT2D eigenvalue weighted by Crippen LogP contribution is -2.47. The summed E-state index contributed by atoms with van der Waals surface area (Å²) in [6.45, 7) is 3.47. The summed E-state index contributed by atoms with van der Waals surface area (Å²) in [6.07, 6.45) is 1.19. The monoisotopic (exact) mass is 483 g/mol. The van der Waals surface area contributed by atoms with E-state index in [4.69, 9.17) is 0 Å². The summed E-state index contributed by atoms with van der Waals surface area (Å²) in [5.41, 5.74) is 3.39. The van der Waals surface area contributed by atoms with Crippen LogP contribution in [0.15, 0.2) is 126 Å². The highest BCUT2D eigenvalue weighted by atomic mass is 32.2. The third-order valence-corrected chi connectivity index (χ3v) is 8.73. The van der Waals surface area contributed by atoms with Crippen molar-refractivity contribution in [3.8, 4) is 0 Å². The molecule has 0 unspecified atom stereocenters. The van der Waals surface area contributed by atoms with E-state index < -0.39 is 15.1 Å². The predicted molar refractivity (Wildman–Crippen MR) is 144 cm³/mol. The maximum absolute atomic E-state index is 14.1. The molecule has 180 valence electrons. The zero-order valence-electron chi connectivity index (χ0n) is 20.2. The van der Waals surface area contributed by atoms with Crippen LogP contribution in [0.3, 0.4) is 0 Å². The quantitative estimate of drug-likeness (QED) is 0.243. The number of benzene rings is 4. The molecule has 0 spiro atoms. The van der Waals surface area contributed by atoms with Gasteiger partial charge < -0.3 is 0 Å². The van der Waals surface area contributed by atoms with E-state index >= 15 is 0 Å². The van der Waals surface area contributed by atoms with Gasteiger partial charge in [-0.1, -0.05) is 116 Å². The molecular weight excluding hydrogens is 450 g/mol. The van der Waals surface area contributed by atoms with Gasteiger partial charge in [0.05, 0.1) is 10.1 Å². The smallest absolute Gasteiger partial charge is 0.183 e. The Balaban J connectivity index is 1.77. The van der Waals surface area contributed by atoms with Crippen molar-refractivity contribution < 1.29 is 8.42 Å². The largest absolute Gasteiger partial charge is 0.291 e. The first-order valence-corrected chi connectivity index (χ1v) is 13.8. The van der Waals surface area contributed by atoms with E-state index in [0.29, 0.717) is 24.4 Å². The first kappa shape index (κ1) is 24.9. The molecule has 0 aromatic heterocycles. The summed E-state index contributed by atoms with van der Waals surface area (Å²) in [4.78, 5) is 2.73. The van der Waals surface area contributed by atoms with Crippen LogP contribution >= 0.6 is 0 Å². The van der Waals surface area contributed by atoms with Gasteiger partial charge in [0.15, 0.2) is 9.84 Å². The lowest BCUT2D eigenvalue weighted by molar-refractivity contribution is 0.165. The van der Waals surface area contributed by atoms with Gasteiger partial charge in [-0.2, -0.15) is 0 Å². The van der Waals surface area contributed by atoms with Crippen LogP contribution in [0.4, 0.5) is 0 Å². The molecule has 3 nitrogen and oxygen atoms in total. The van der Waals surface area contributed by atoms with Crippen LogP contribution < -0.4 is 0 Å². The normalized spacial score (nSPS) is 13.4. The SMILES string of the molecule is CC[C@H]([C@@H](Cc1ccccc1)S(=O)(=O)c1ccccc1)N(Cc1ccccc1)Cc1ccccc1. The molecule has 0 radical (unpaired) electrons. The van der Waals surface area contributed by atoms with E-state index in [0.717, 1.165) is 12.0 Å². The van der Waals surface area contributed by atoms with Gasteiger partial charge in [0.2, 0.25) is 0 Å². The Labute approximate surface area is 210 Å². The van der Waals surface area contributed by atoms with E-state index in [1.54, 1.807) is 24.3 Å². The molecule has 0 fully saturated rings. The zero-order valence-corrected chi connectivity index (χ0v) is 21.0. The van der Waals surface area contributed by atoms with Crippen molar-refractivity contribution in [2.45, 2.75) is 49.0 Å². The van der Waals surface area contributed by atoms with Gasteiger partial charge in [-0.05, 0) is 41.7 Å². The minimum atomic E-state index is -3.58. The molecule has 4 aromatic rings. The summed E-state index contributed by atoms with van der Waals surface area (Å²) in [5, 5.41) is -0.579. The van der Waals surface area contributed by atoms with Crippen molar-refractivity contribution in [1.82, 2.24) is 4.90 Å². The van der Waals surface area contributed by atoms with Gasteiger partial charge in [-0.15, -0.1) is 0 Å². The molecule has 0 N–H and O–H groups in total. The Morgan fingerprint density at radius 1 is 0.600 bits per heavy atom. The van der Waals surface area contributed by atoms with Gasteiger partial charge in [-0.25, -0.2) is 8.42 Å². The number of hydrogen-bond acceptors (Lipinski definition) is 3. The molecule has 0 heterocycles. The molecule has 0 aliphatic rings. The van der Waals surface area contributed by atoms with Gasteiger partial charge >= 0.3 is 0 Å². The first-order chi connectivity index (χ1) is 17.1. The molecule has 35 heavy (non-hydrogen) atoms. The fourth-order valence-electron chi connectivity index (χ4n) is 4.77. The molecule has 0 bridgehead atoms. The molecular formula is C31H33NO2S. The summed E-state index contributed by atoms with van der Waals surface area (Å²) in [5.74, 6) is 0. The van der Waals surface area contributed by atoms with Gasteiger partial charge in [0, 0.05) is 19.1 Å². The summed E-state index contributed by atoms with van der Waals surface area (Å²) in [6, 6.07) is 39.4. The fraction of sp³-hybridized carbons (Fsp3) is 0.226. The van der Waals surface area contributed by atoms with E-state index in [9.17, 15) is 8.42 Å². The fourth-order valence-corrected chi connectivity index (χ4v) is 6.84.